The number of rotatable bonds is 4. The van der Waals surface area contributed by atoms with E-state index in [9.17, 15) is 0 Å². The number of halogens is 1. The van der Waals surface area contributed by atoms with Crippen molar-refractivity contribution in [3.63, 3.8) is 0 Å². The van der Waals surface area contributed by atoms with E-state index < -0.39 is 0 Å². The third-order valence-corrected chi connectivity index (χ3v) is 5.15. The van der Waals surface area contributed by atoms with Crippen molar-refractivity contribution in [1.82, 2.24) is 10.2 Å². The Balaban J connectivity index is 1.49. The number of benzene rings is 1. The van der Waals surface area contributed by atoms with Crippen LogP contribution in [-0.2, 0) is 6.54 Å². The molecule has 116 valence electrons. The highest BCUT2D eigenvalue weighted by molar-refractivity contribution is 6.30. The van der Waals surface area contributed by atoms with Gasteiger partial charge in [0.15, 0.2) is 0 Å². The Morgan fingerprint density at radius 1 is 0.952 bits per heavy atom. The molecule has 1 unspecified atom stereocenters. The van der Waals surface area contributed by atoms with Gasteiger partial charge in [0.25, 0.3) is 0 Å². The summed E-state index contributed by atoms with van der Waals surface area (Å²) in [5.41, 5.74) is 1.37. The van der Waals surface area contributed by atoms with Gasteiger partial charge in [-0.3, -0.25) is 4.90 Å². The van der Waals surface area contributed by atoms with Crippen LogP contribution < -0.4 is 5.32 Å². The SMILES string of the molecule is Clc1ccc(CN2CCCC(NC3CCCCC3)C2)cc1. The van der Waals surface area contributed by atoms with Crippen molar-refractivity contribution in [3.8, 4) is 0 Å². The van der Waals surface area contributed by atoms with Crippen molar-refractivity contribution >= 4 is 11.6 Å². The zero-order chi connectivity index (χ0) is 14.5. The second-order valence-corrected chi connectivity index (χ2v) is 7.14. The molecule has 1 aliphatic heterocycles. The maximum absolute atomic E-state index is 5.96. The van der Waals surface area contributed by atoms with Crippen LogP contribution >= 0.6 is 11.6 Å². The van der Waals surface area contributed by atoms with Gasteiger partial charge in [0.1, 0.15) is 0 Å². The van der Waals surface area contributed by atoms with Gasteiger partial charge in [0, 0.05) is 30.2 Å². The van der Waals surface area contributed by atoms with Gasteiger partial charge in [-0.05, 0) is 49.9 Å². The molecule has 1 atom stereocenters. The minimum atomic E-state index is 0.689. The molecule has 1 aromatic carbocycles. The molecule has 0 radical (unpaired) electrons. The van der Waals surface area contributed by atoms with E-state index in [1.165, 1.54) is 63.6 Å². The summed E-state index contributed by atoms with van der Waals surface area (Å²) in [4.78, 5) is 2.59. The van der Waals surface area contributed by atoms with Crippen molar-refractivity contribution in [2.75, 3.05) is 13.1 Å². The van der Waals surface area contributed by atoms with Gasteiger partial charge in [-0.15, -0.1) is 0 Å². The number of piperidine rings is 1. The minimum absolute atomic E-state index is 0.689. The number of hydrogen-bond acceptors (Lipinski definition) is 2. The molecule has 1 aromatic rings. The second-order valence-electron chi connectivity index (χ2n) is 6.70. The third kappa shape index (κ3) is 4.70. The number of nitrogens with one attached hydrogen (secondary N) is 1. The van der Waals surface area contributed by atoms with Crippen LogP contribution in [0, 0.1) is 0 Å². The van der Waals surface area contributed by atoms with Gasteiger partial charge in [-0.2, -0.15) is 0 Å². The van der Waals surface area contributed by atoms with Crippen molar-refractivity contribution < 1.29 is 0 Å². The van der Waals surface area contributed by atoms with Gasteiger partial charge in [-0.1, -0.05) is 43.0 Å². The third-order valence-electron chi connectivity index (χ3n) is 4.90. The molecule has 1 saturated carbocycles. The van der Waals surface area contributed by atoms with Gasteiger partial charge in [0.05, 0.1) is 0 Å². The van der Waals surface area contributed by atoms with Gasteiger partial charge < -0.3 is 5.32 Å². The largest absolute Gasteiger partial charge is 0.310 e. The fourth-order valence-electron chi connectivity index (χ4n) is 3.79. The summed E-state index contributed by atoms with van der Waals surface area (Å²) in [5.74, 6) is 0. The summed E-state index contributed by atoms with van der Waals surface area (Å²) in [6, 6.07) is 9.77. The standard InChI is InChI=1S/C18H27ClN2/c19-16-10-8-15(9-11-16)13-21-12-4-7-18(14-21)20-17-5-2-1-3-6-17/h8-11,17-18,20H,1-7,12-14H2. The molecule has 0 aromatic heterocycles. The van der Waals surface area contributed by atoms with Crippen molar-refractivity contribution in [2.24, 2.45) is 0 Å². The molecule has 2 nitrogen and oxygen atoms in total. The number of hydrogen-bond donors (Lipinski definition) is 1. The zero-order valence-electron chi connectivity index (χ0n) is 12.9. The highest BCUT2D eigenvalue weighted by atomic mass is 35.5. The molecule has 3 rings (SSSR count). The van der Waals surface area contributed by atoms with Crippen molar-refractivity contribution in [3.05, 3.63) is 34.9 Å². The summed E-state index contributed by atoms with van der Waals surface area (Å²) in [5, 5.41) is 4.75. The Morgan fingerprint density at radius 2 is 1.67 bits per heavy atom. The van der Waals surface area contributed by atoms with Crippen LogP contribution in [0.4, 0.5) is 0 Å². The summed E-state index contributed by atoms with van der Waals surface area (Å²) in [7, 11) is 0. The van der Waals surface area contributed by atoms with E-state index in [-0.39, 0.29) is 0 Å². The van der Waals surface area contributed by atoms with E-state index in [0.29, 0.717) is 6.04 Å². The molecule has 0 spiro atoms. The van der Waals surface area contributed by atoms with Crippen LogP contribution in [0.15, 0.2) is 24.3 Å². The smallest absolute Gasteiger partial charge is 0.0406 e. The van der Waals surface area contributed by atoms with Crippen LogP contribution in [0.25, 0.3) is 0 Å². The zero-order valence-corrected chi connectivity index (χ0v) is 13.6. The van der Waals surface area contributed by atoms with E-state index in [0.717, 1.165) is 17.6 Å². The first-order valence-corrected chi connectivity index (χ1v) is 8.90. The van der Waals surface area contributed by atoms with E-state index in [1.807, 2.05) is 12.1 Å². The van der Waals surface area contributed by atoms with Crippen molar-refractivity contribution in [2.45, 2.75) is 63.6 Å². The van der Waals surface area contributed by atoms with E-state index in [2.05, 4.69) is 22.3 Å². The predicted octanol–water partition coefficient (Wildman–Crippen LogP) is 4.23. The molecule has 2 aliphatic rings. The Bertz CT molecular complexity index is 425. The fraction of sp³-hybridized carbons (Fsp3) is 0.667. The van der Waals surface area contributed by atoms with Crippen LogP contribution in [0.2, 0.25) is 5.02 Å². The Morgan fingerprint density at radius 3 is 2.43 bits per heavy atom. The lowest BCUT2D eigenvalue weighted by Gasteiger charge is -2.36. The molecular weight excluding hydrogens is 280 g/mol. The molecular formula is C18H27ClN2. The van der Waals surface area contributed by atoms with Crippen LogP contribution in [0.5, 0.6) is 0 Å². The molecule has 21 heavy (non-hydrogen) atoms. The summed E-state index contributed by atoms with van der Waals surface area (Å²) in [6.45, 7) is 3.48. The maximum atomic E-state index is 5.96. The number of nitrogens with zero attached hydrogens (tertiary/aromatic N) is 1. The van der Waals surface area contributed by atoms with E-state index >= 15 is 0 Å². The average molecular weight is 307 g/mol. The van der Waals surface area contributed by atoms with Crippen LogP contribution in [0.1, 0.15) is 50.5 Å². The molecule has 2 fully saturated rings. The molecule has 0 bridgehead atoms. The second kappa shape index (κ2) is 7.62. The first kappa shape index (κ1) is 15.3. The Labute approximate surface area is 133 Å². The van der Waals surface area contributed by atoms with Gasteiger partial charge in [0.2, 0.25) is 0 Å². The monoisotopic (exact) mass is 306 g/mol. The topological polar surface area (TPSA) is 15.3 Å². The molecule has 1 saturated heterocycles. The molecule has 1 heterocycles. The molecule has 1 N–H and O–H groups in total. The van der Waals surface area contributed by atoms with Gasteiger partial charge >= 0.3 is 0 Å². The van der Waals surface area contributed by atoms with Crippen LogP contribution in [0.3, 0.4) is 0 Å². The highest BCUT2D eigenvalue weighted by Gasteiger charge is 2.23. The lowest BCUT2D eigenvalue weighted by atomic mass is 9.93. The lowest BCUT2D eigenvalue weighted by Crippen LogP contribution is -2.49. The Kier molecular flexibility index (Phi) is 5.56. The summed E-state index contributed by atoms with van der Waals surface area (Å²) in [6.07, 6.45) is 9.69. The van der Waals surface area contributed by atoms with Crippen molar-refractivity contribution in [1.29, 1.82) is 0 Å². The summed E-state index contributed by atoms with van der Waals surface area (Å²) < 4.78 is 0. The first-order valence-electron chi connectivity index (χ1n) is 8.52. The molecule has 3 heteroatoms. The normalized spacial score (nSPS) is 25.1. The quantitative estimate of drug-likeness (QED) is 0.895. The maximum Gasteiger partial charge on any atom is 0.0406 e. The predicted molar refractivity (Wildman–Crippen MR) is 89.8 cm³/mol. The first-order chi connectivity index (χ1) is 10.3. The average Bonchev–Trinajstić information content (AvgIpc) is 2.51. The molecule has 0 amide bonds. The summed E-state index contributed by atoms with van der Waals surface area (Å²) >= 11 is 5.96. The highest BCUT2D eigenvalue weighted by Crippen LogP contribution is 2.21. The molecule has 1 aliphatic carbocycles. The van der Waals surface area contributed by atoms with E-state index in [4.69, 9.17) is 11.6 Å². The van der Waals surface area contributed by atoms with Gasteiger partial charge in [-0.25, -0.2) is 0 Å². The van der Waals surface area contributed by atoms with E-state index in [1.54, 1.807) is 0 Å². The fourth-order valence-corrected chi connectivity index (χ4v) is 3.91. The minimum Gasteiger partial charge on any atom is -0.310 e. The lowest BCUT2D eigenvalue weighted by molar-refractivity contribution is 0.169. The number of likely N-dealkylation sites (tertiary alicyclic amines) is 1. The van der Waals surface area contributed by atoms with Crippen LogP contribution in [-0.4, -0.2) is 30.1 Å². The Hall–Kier alpha value is -0.570.